The molecule has 130 valence electrons. The minimum atomic E-state index is -1.11. The van der Waals surface area contributed by atoms with Gasteiger partial charge in [-0.3, -0.25) is 9.97 Å². The minimum Gasteiger partial charge on any atom is -0.351 e. The van der Waals surface area contributed by atoms with E-state index in [2.05, 4.69) is 30.2 Å². The molecule has 0 aliphatic heterocycles. The van der Waals surface area contributed by atoms with Crippen LogP contribution in [0.4, 0.5) is 10.3 Å². The van der Waals surface area contributed by atoms with Gasteiger partial charge in [0.15, 0.2) is 0 Å². The predicted octanol–water partition coefficient (Wildman–Crippen LogP) is 3.87. The van der Waals surface area contributed by atoms with Gasteiger partial charge in [0, 0.05) is 35.7 Å². The predicted molar refractivity (Wildman–Crippen MR) is 98.6 cm³/mol. The Morgan fingerprint density at radius 1 is 1.12 bits per heavy atom. The molecule has 7 heteroatoms. The lowest BCUT2D eigenvalue weighted by molar-refractivity contribution is 0.0782. The summed E-state index contributed by atoms with van der Waals surface area (Å²) in [6.45, 7) is 0.259. The van der Waals surface area contributed by atoms with Gasteiger partial charge < -0.3 is 10.3 Å². The number of H-pyrrole nitrogens is 1. The number of halogens is 1. The normalized spacial score (nSPS) is 15.9. The van der Waals surface area contributed by atoms with Crippen molar-refractivity contribution in [3.05, 3.63) is 43.0 Å². The number of alkyl halides is 1. The van der Waals surface area contributed by atoms with Crippen LogP contribution in [0.1, 0.15) is 19.3 Å². The van der Waals surface area contributed by atoms with Gasteiger partial charge in [-0.1, -0.05) is 6.07 Å². The van der Waals surface area contributed by atoms with E-state index in [-0.39, 0.29) is 6.54 Å². The number of benzene rings is 1. The van der Waals surface area contributed by atoms with Crippen molar-refractivity contribution in [1.29, 1.82) is 0 Å². The highest BCUT2D eigenvalue weighted by atomic mass is 19.1. The zero-order chi connectivity index (χ0) is 17.6. The fraction of sp³-hybridized carbons (Fsp3) is 0.263. The van der Waals surface area contributed by atoms with Crippen LogP contribution in [0.3, 0.4) is 0 Å². The molecule has 1 aromatic carbocycles. The first-order valence-corrected chi connectivity index (χ1v) is 8.68. The van der Waals surface area contributed by atoms with E-state index in [0.717, 1.165) is 39.6 Å². The van der Waals surface area contributed by atoms with Crippen molar-refractivity contribution in [1.82, 2.24) is 24.9 Å². The largest absolute Gasteiger partial charge is 0.351 e. The summed E-state index contributed by atoms with van der Waals surface area (Å²) in [6.07, 6.45) is 9.21. The maximum absolute atomic E-state index is 14.1. The van der Waals surface area contributed by atoms with Crippen LogP contribution in [-0.2, 0) is 0 Å². The van der Waals surface area contributed by atoms with Gasteiger partial charge in [-0.15, -0.1) is 0 Å². The molecular formula is C19H17FN6. The number of aromatic amines is 1. The van der Waals surface area contributed by atoms with E-state index < -0.39 is 5.67 Å². The van der Waals surface area contributed by atoms with E-state index >= 15 is 0 Å². The van der Waals surface area contributed by atoms with Crippen molar-refractivity contribution in [2.75, 3.05) is 11.9 Å². The fourth-order valence-electron chi connectivity index (χ4n) is 3.34. The van der Waals surface area contributed by atoms with Crippen molar-refractivity contribution in [3.63, 3.8) is 0 Å². The van der Waals surface area contributed by atoms with E-state index in [1.807, 2.05) is 24.4 Å². The van der Waals surface area contributed by atoms with Gasteiger partial charge in [0.25, 0.3) is 0 Å². The molecule has 2 N–H and O–H groups in total. The molecule has 1 aliphatic carbocycles. The molecule has 3 heterocycles. The lowest BCUT2D eigenvalue weighted by atomic mass is 9.82. The highest BCUT2D eigenvalue weighted by Crippen LogP contribution is 2.35. The van der Waals surface area contributed by atoms with Crippen molar-refractivity contribution in [2.24, 2.45) is 0 Å². The quantitative estimate of drug-likeness (QED) is 0.585. The Balaban J connectivity index is 1.46. The third-order valence-electron chi connectivity index (χ3n) is 5.03. The maximum Gasteiger partial charge on any atom is 0.224 e. The van der Waals surface area contributed by atoms with Crippen LogP contribution in [0.25, 0.3) is 33.2 Å². The Bertz CT molecular complexity index is 1100. The molecule has 6 nitrogen and oxygen atoms in total. The van der Waals surface area contributed by atoms with Gasteiger partial charge in [-0.25, -0.2) is 9.37 Å². The molecule has 1 saturated carbocycles. The highest BCUT2D eigenvalue weighted by molar-refractivity contribution is 5.95. The Hall–Kier alpha value is -3.09. The summed E-state index contributed by atoms with van der Waals surface area (Å²) in [4.78, 5) is 20.7. The molecule has 0 unspecified atom stereocenters. The molecule has 5 rings (SSSR count). The Morgan fingerprint density at radius 2 is 1.96 bits per heavy atom. The van der Waals surface area contributed by atoms with Gasteiger partial charge in [0.2, 0.25) is 5.95 Å². The van der Waals surface area contributed by atoms with Gasteiger partial charge in [-0.2, -0.15) is 4.98 Å². The SMILES string of the molecule is FC1(CNc2ncc3c(-c4ccc5nccnc5c4)c[nH]c3n2)CCC1. The number of rotatable bonds is 4. The summed E-state index contributed by atoms with van der Waals surface area (Å²) < 4.78 is 14.1. The van der Waals surface area contributed by atoms with E-state index in [4.69, 9.17) is 0 Å². The number of anilines is 1. The summed E-state index contributed by atoms with van der Waals surface area (Å²) in [5, 5.41) is 3.93. The molecule has 1 aliphatic rings. The number of hydrogen-bond acceptors (Lipinski definition) is 5. The lowest BCUT2D eigenvalue weighted by Gasteiger charge is -2.33. The Kier molecular flexibility index (Phi) is 3.34. The number of aromatic nitrogens is 5. The molecule has 4 aromatic rings. The smallest absolute Gasteiger partial charge is 0.224 e. The summed E-state index contributed by atoms with van der Waals surface area (Å²) >= 11 is 0. The summed E-state index contributed by atoms with van der Waals surface area (Å²) in [7, 11) is 0. The Morgan fingerprint density at radius 3 is 2.77 bits per heavy atom. The maximum atomic E-state index is 14.1. The van der Waals surface area contributed by atoms with Crippen molar-refractivity contribution in [2.45, 2.75) is 24.9 Å². The van der Waals surface area contributed by atoms with Gasteiger partial charge in [-0.05, 0) is 37.0 Å². The average molecular weight is 348 g/mol. The monoisotopic (exact) mass is 348 g/mol. The lowest BCUT2D eigenvalue weighted by Crippen LogP contribution is -2.39. The standard InChI is InChI=1S/C19H17FN6/c20-19(4-1-5-19)11-25-18-24-10-14-13(9-23-17(14)26-18)12-2-3-15-16(8-12)22-7-6-21-15/h2-3,6-10H,1,4-5,11H2,(H2,23,24,25,26). The number of nitrogens with zero attached hydrogens (tertiary/aromatic N) is 4. The van der Waals surface area contributed by atoms with Crippen LogP contribution in [0.5, 0.6) is 0 Å². The van der Waals surface area contributed by atoms with Crippen LogP contribution in [0, 0.1) is 0 Å². The third-order valence-corrected chi connectivity index (χ3v) is 5.03. The van der Waals surface area contributed by atoms with Crippen molar-refractivity contribution < 1.29 is 4.39 Å². The number of fused-ring (bicyclic) bond motifs is 2. The van der Waals surface area contributed by atoms with Crippen LogP contribution in [0.15, 0.2) is 43.0 Å². The second-order valence-electron chi connectivity index (χ2n) is 6.78. The summed E-state index contributed by atoms with van der Waals surface area (Å²) in [6, 6.07) is 5.96. The van der Waals surface area contributed by atoms with Crippen molar-refractivity contribution in [3.8, 4) is 11.1 Å². The zero-order valence-corrected chi connectivity index (χ0v) is 14.0. The molecule has 0 bridgehead atoms. The second-order valence-corrected chi connectivity index (χ2v) is 6.78. The fourth-order valence-corrected chi connectivity index (χ4v) is 3.34. The highest BCUT2D eigenvalue weighted by Gasteiger charge is 2.36. The van der Waals surface area contributed by atoms with E-state index in [9.17, 15) is 4.39 Å². The van der Waals surface area contributed by atoms with Crippen LogP contribution in [-0.4, -0.2) is 37.1 Å². The van der Waals surface area contributed by atoms with E-state index in [0.29, 0.717) is 18.8 Å². The van der Waals surface area contributed by atoms with E-state index in [1.165, 1.54) is 0 Å². The van der Waals surface area contributed by atoms with Gasteiger partial charge >= 0.3 is 0 Å². The first-order valence-electron chi connectivity index (χ1n) is 8.68. The first kappa shape index (κ1) is 15.2. The number of nitrogens with one attached hydrogen (secondary N) is 2. The molecule has 1 fully saturated rings. The van der Waals surface area contributed by atoms with Gasteiger partial charge in [0.05, 0.1) is 17.6 Å². The van der Waals surface area contributed by atoms with Gasteiger partial charge in [0.1, 0.15) is 11.3 Å². The topological polar surface area (TPSA) is 79.4 Å². The van der Waals surface area contributed by atoms with Crippen LogP contribution in [0.2, 0.25) is 0 Å². The molecule has 0 radical (unpaired) electrons. The molecule has 0 spiro atoms. The number of hydrogen-bond donors (Lipinski definition) is 2. The van der Waals surface area contributed by atoms with Crippen LogP contribution < -0.4 is 5.32 Å². The average Bonchev–Trinajstić information content (AvgIpc) is 3.07. The zero-order valence-electron chi connectivity index (χ0n) is 14.0. The third kappa shape index (κ3) is 2.56. The summed E-state index contributed by atoms with van der Waals surface area (Å²) in [5.41, 5.74) is 3.33. The van der Waals surface area contributed by atoms with E-state index in [1.54, 1.807) is 18.6 Å². The first-order chi connectivity index (χ1) is 12.7. The van der Waals surface area contributed by atoms with Crippen molar-refractivity contribution >= 4 is 28.0 Å². The molecule has 0 atom stereocenters. The molecule has 3 aromatic heterocycles. The molecule has 0 saturated heterocycles. The molecule has 26 heavy (non-hydrogen) atoms. The van der Waals surface area contributed by atoms with Crippen LogP contribution >= 0.6 is 0 Å². The second kappa shape index (κ2) is 5.72. The summed E-state index contributed by atoms with van der Waals surface area (Å²) in [5.74, 6) is 0.444. The molecule has 0 amide bonds. The molecular weight excluding hydrogens is 331 g/mol. The Labute approximate surface area is 148 Å². The minimum absolute atomic E-state index is 0.259.